The van der Waals surface area contributed by atoms with E-state index in [0.717, 1.165) is 16.8 Å². The second-order valence-corrected chi connectivity index (χ2v) is 8.13. The zero-order valence-electron chi connectivity index (χ0n) is 17.9. The number of anilines is 1. The van der Waals surface area contributed by atoms with E-state index in [1.807, 2.05) is 32.0 Å². The van der Waals surface area contributed by atoms with Gasteiger partial charge in [0.2, 0.25) is 0 Å². The van der Waals surface area contributed by atoms with Crippen molar-refractivity contribution >= 4 is 11.6 Å². The molecule has 3 heteroatoms. The minimum atomic E-state index is -0.159. The van der Waals surface area contributed by atoms with E-state index < -0.39 is 0 Å². The lowest BCUT2D eigenvalue weighted by Gasteiger charge is -2.26. The van der Waals surface area contributed by atoms with Crippen LogP contribution in [0.1, 0.15) is 41.7 Å². The number of benzene rings is 3. The first-order valence-corrected chi connectivity index (χ1v) is 9.94. The van der Waals surface area contributed by atoms with Crippen LogP contribution in [0.5, 0.6) is 5.75 Å². The largest absolute Gasteiger partial charge is 0.484 e. The van der Waals surface area contributed by atoms with E-state index in [9.17, 15) is 4.79 Å². The van der Waals surface area contributed by atoms with Gasteiger partial charge in [0.15, 0.2) is 6.61 Å². The molecule has 3 aromatic rings. The third kappa shape index (κ3) is 4.86. The molecule has 0 bridgehead atoms. The molecule has 3 nitrogen and oxygen atoms in total. The average molecular weight is 388 g/mol. The molecule has 0 heterocycles. The minimum Gasteiger partial charge on any atom is -0.484 e. The molecule has 0 atom stereocenters. The number of hydrogen-bond acceptors (Lipinski definition) is 2. The molecule has 1 amide bonds. The van der Waals surface area contributed by atoms with Gasteiger partial charge in [0.1, 0.15) is 5.75 Å². The Bertz CT molecular complexity index is 966. The molecule has 0 spiro atoms. The van der Waals surface area contributed by atoms with E-state index in [1.54, 1.807) is 0 Å². The maximum absolute atomic E-state index is 12.4. The van der Waals surface area contributed by atoms with Crippen LogP contribution < -0.4 is 10.1 Å². The van der Waals surface area contributed by atoms with Crippen molar-refractivity contribution in [1.29, 1.82) is 0 Å². The summed E-state index contributed by atoms with van der Waals surface area (Å²) in [5.74, 6) is 0.527. The highest BCUT2D eigenvalue weighted by molar-refractivity contribution is 5.93. The Morgan fingerprint density at radius 1 is 0.862 bits per heavy atom. The highest BCUT2D eigenvalue weighted by Gasteiger charge is 2.22. The van der Waals surface area contributed by atoms with Crippen molar-refractivity contribution in [2.24, 2.45) is 0 Å². The van der Waals surface area contributed by atoms with Crippen LogP contribution in [0.4, 0.5) is 5.69 Å². The molecule has 29 heavy (non-hydrogen) atoms. The molecule has 150 valence electrons. The fourth-order valence-corrected chi connectivity index (χ4v) is 3.69. The van der Waals surface area contributed by atoms with Gasteiger partial charge in [-0.25, -0.2) is 0 Å². The summed E-state index contributed by atoms with van der Waals surface area (Å²) in [6.07, 6.45) is 0. The Morgan fingerprint density at radius 3 is 2.00 bits per heavy atom. The molecule has 1 N–H and O–H groups in total. The summed E-state index contributed by atoms with van der Waals surface area (Å²) >= 11 is 0. The van der Waals surface area contributed by atoms with Crippen molar-refractivity contribution in [2.45, 2.75) is 40.0 Å². The number of nitrogens with one attached hydrogen (secondary N) is 1. The number of ether oxygens (including phenoxy) is 1. The number of hydrogen-bond donors (Lipinski definition) is 1. The summed E-state index contributed by atoms with van der Waals surface area (Å²) in [4.78, 5) is 12.4. The molecule has 3 rings (SSSR count). The Balaban J connectivity index is 1.63. The van der Waals surface area contributed by atoms with Crippen LogP contribution in [0.15, 0.2) is 66.7 Å². The van der Waals surface area contributed by atoms with Gasteiger partial charge >= 0.3 is 0 Å². The van der Waals surface area contributed by atoms with E-state index in [-0.39, 0.29) is 17.9 Å². The summed E-state index contributed by atoms with van der Waals surface area (Å²) in [6, 6.07) is 22.5. The molecule has 0 fully saturated rings. The average Bonchev–Trinajstić information content (AvgIpc) is 2.70. The van der Waals surface area contributed by atoms with Gasteiger partial charge in [-0.3, -0.25) is 4.79 Å². The van der Waals surface area contributed by atoms with E-state index in [2.05, 4.69) is 74.6 Å². The zero-order valence-corrected chi connectivity index (χ0v) is 17.9. The Morgan fingerprint density at radius 2 is 1.41 bits per heavy atom. The lowest BCUT2D eigenvalue weighted by Crippen LogP contribution is -2.21. The number of carbonyl (C=O) groups is 1. The van der Waals surface area contributed by atoms with Crippen molar-refractivity contribution in [1.82, 2.24) is 0 Å². The Hall–Kier alpha value is -3.07. The van der Waals surface area contributed by atoms with Gasteiger partial charge in [-0.15, -0.1) is 0 Å². The number of rotatable bonds is 6. The van der Waals surface area contributed by atoms with Gasteiger partial charge in [-0.2, -0.15) is 0 Å². The standard InChI is InChI=1S/C26H29NO2/c1-18-15-19(2)25(20(3)16-18)27-24(28)17-29-23-13-11-22(12-14-23)26(4,5)21-9-7-6-8-10-21/h6-16H,17H2,1-5H3,(H,27,28). The van der Waals surface area contributed by atoms with E-state index in [4.69, 9.17) is 4.74 Å². The fraction of sp³-hybridized carbons (Fsp3) is 0.269. The topological polar surface area (TPSA) is 38.3 Å². The van der Waals surface area contributed by atoms with Crippen LogP contribution >= 0.6 is 0 Å². The highest BCUT2D eigenvalue weighted by Crippen LogP contribution is 2.32. The quantitative estimate of drug-likeness (QED) is 0.567. The first kappa shape index (κ1) is 20.7. The third-order valence-electron chi connectivity index (χ3n) is 5.38. The van der Waals surface area contributed by atoms with Crippen LogP contribution in [0, 0.1) is 20.8 Å². The van der Waals surface area contributed by atoms with Crippen molar-refractivity contribution in [3.63, 3.8) is 0 Å². The van der Waals surface area contributed by atoms with Crippen LogP contribution in [-0.2, 0) is 10.2 Å². The van der Waals surface area contributed by atoms with Gasteiger partial charge in [0.25, 0.3) is 5.91 Å². The molecular weight excluding hydrogens is 358 g/mol. The third-order valence-corrected chi connectivity index (χ3v) is 5.38. The second kappa shape index (κ2) is 8.52. The summed E-state index contributed by atoms with van der Waals surface area (Å²) in [5, 5.41) is 2.97. The van der Waals surface area contributed by atoms with E-state index >= 15 is 0 Å². The van der Waals surface area contributed by atoms with Gasteiger partial charge in [-0.1, -0.05) is 74.0 Å². The van der Waals surface area contributed by atoms with Gasteiger partial charge < -0.3 is 10.1 Å². The normalized spacial score (nSPS) is 11.2. The second-order valence-electron chi connectivity index (χ2n) is 8.13. The van der Waals surface area contributed by atoms with Crippen LogP contribution in [0.2, 0.25) is 0 Å². The molecule has 0 saturated heterocycles. The Labute approximate surface area is 173 Å². The van der Waals surface area contributed by atoms with Crippen molar-refractivity contribution in [3.05, 3.63) is 94.5 Å². The molecular formula is C26H29NO2. The lowest BCUT2D eigenvalue weighted by atomic mass is 9.78. The molecule has 3 aromatic carbocycles. The van der Waals surface area contributed by atoms with Gasteiger partial charge in [-0.05, 0) is 55.2 Å². The SMILES string of the molecule is Cc1cc(C)c(NC(=O)COc2ccc(C(C)(C)c3ccccc3)cc2)c(C)c1. The molecule has 0 radical (unpaired) electrons. The first-order valence-electron chi connectivity index (χ1n) is 9.94. The number of amides is 1. The van der Waals surface area contributed by atoms with Crippen LogP contribution in [0.3, 0.4) is 0 Å². The minimum absolute atomic E-state index is 0.0197. The molecule has 0 aliphatic carbocycles. The highest BCUT2D eigenvalue weighted by atomic mass is 16.5. The summed E-state index contributed by atoms with van der Waals surface area (Å²) in [7, 11) is 0. The van der Waals surface area contributed by atoms with Crippen molar-refractivity contribution in [3.8, 4) is 5.75 Å². The smallest absolute Gasteiger partial charge is 0.262 e. The van der Waals surface area contributed by atoms with Gasteiger partial charge in [0.05, 0.1) is 0 Å². The Kier molecular flexibility index (Phi) is 6.07. The monoisotopic (exact) mass is 387 g/mol. The summed E-state index contributed by atoms with van der Waals surface area (Å²) in [6.45, 7) is 10.5. The maximum atomic E-state index is 12.4. The van der Waals surface area contributed by atoms with Crippen LogP contribution in [0.25, 0.3) is 0 Å². The zero-order chi connectivity index (χ0) is 21.0. The van der Waals surface area contributed by atoms with E-state index in [0.29, 0.717) is 5.75 Å². The number of aryl methyl sites for hydroxylation is 3. The molecule has 0 saturated carbocycles. The molecule has 0 aromatic heterocycles. The number of carbonyl (C=O) groups excluding carboxylic acids is 1. The molecule has 0 unspecified atom stereocenters. The summed E-state index contributed by atoms with van der Waals surface area (Å²) < 4.78 is 5.70. The summed E-state index contributed by atoms with van der Waals surface area (Å²) in [5.41, 5.74) is 6.53. The lowest BCUT2D eigenvalue weighted by molar-refractivity contribution is -0.118. The maximum Gasteiger partial charge on any atom is 0.262 e. The van der Waals surface area contributed by atoms with Crippen molar-refractivity contribution in [2.75, 3.05) is 11.9 Å². The van der Waals surface area contributed by atoms with Gasteiger partial charge in [0, 0.05) is 11.1 Å². The molecule has 0 aliphatic heterocycles. The molecule has 0 aliphatic rings. The predicted octanol–water partition coefficient (Wildman–Crippen LogP) is 5.96. The van der Waals surface area contributed by atoms with Crippen molar-refractivity contribution < 1.29 is 9.53 Å². The van der Waals surface area contributed by atoms with E-state index in [1.165, 1.54) is 16.7 Å². The first-order chi connectivity index (χ1) is 13.8. The van der Waals surface area contributed by atoms with Crippen LogP contribution in [-0.4, -0.2) is 12.5 Å². The fourth-order valence-electron chi connectivity index (χ4n) is 3.69. The predicted molar refractivity (Wildman–Crippen MR) is 120 cm³/mol.